The van der Waals surface area contributed by atoms with Crippen molar-refractivity contribution in [2.24, 2.45) is 4.99 Å². The summed E-state index contributed by atoms with van der Waals surface area (Å²) in [7, 11) is 0. The maximum absolute atomic E-state index is 13.4. The minimum Gasteiger partial charge on any atom is -0.325 e. The maximum Gasteiger partial charge on any atom is 0.240 e. The van der Waals surface area contributed by atoms with Crippen LogP contribution >= 0.6 is 11.8 Å². The summed E-state index contributed by atoms with van der Waals surface area (Å²) in [4.78, 5) is 31.1. The SMILES string of the molecule is Cc1cc(C)c(NC(=O)C2SC(NC(=O)C(c3ccccc3)c3ccccc3)=NC2C)c(C)c1. The van der Waals surface area contributed by atoms with E-state index < -0.39 is 11.2 Å². The Kier molecular flexibility index (Phi) is 7.17. The highest BCUT2D eigenvalue weighted by Crippen LogP contribution is 2.30. The molecule has 34 heavy (non-hydrogen) atoms. The van der Waals surface area contributed by atoms with E-state index in [9.17, 15) is 9.59 Å². The average Bonchev–Trinajstić information content (AvgIpc) is 3.17. The van der Waals surface area contributed by atoms with Crippen molar-refractivity contribution in [3.8, 4) is 0 Å². The van der Waals surface area contributed by atoms with Crippen LogP contribution in [-0.4, -0.2) is 28.3 Å². The van der Waals surface area contributed by atoms with Crippen LogP contribution in [0.2, 0.25) is 0 Å². The number of benzene rings is 3. The fourth-order valence-corrected chi connectivity index (χ4v) is 5.42. The van der Waals surface area contributed by atoms with Gasteiger partial charge in [0.15, 0.2) is 5.17 Å². The number of thioether (sulfide) groups is 1. The van der Waals surface area contributed by atoms with Crippen molar-refractivity contribution < 1.29 is 9.59 Å². The van der Waals surface area contributed by atoms with Crippen molar-refractivity contribution in [3.05, 3.63) is 101 Å². The van der Waals surface area contributed by atoms with Crippen molar-refractivity contribution in [1.82, 2.24) is 5.32 Å². The lowest BCUT2D eigenvalue weighted by Gasteiger charge is -2.18. The highest BCUT2D eigenvalue weighted by Gasteiger charge is 2.35. The third-order valence-electron chi connectivity index (χ3n) is 5.94. The van der Waals surface area contributed by atoms with E-state index in [1.165, 1.54) is 11.8 Å². The number of nitrogens with zero attached hydrogens (tertiary/aromatic N) is 1. The monoisotopic (exact) mass is 471 g/mol. The molecule has 2 atom stereocenters. The second-order valence-corrected chi connectivity index (χ2v) is 9.85. The largest absolute Gasteiger partial charge is 0.325 e. The molecule has 2 N–H and O–H groups in total. The molecule has 4 rings (SSSR count). The second-order valence-electron chi connectivity index (χ2n) is 8.72. The van der Waals surface area contributed by atoms with Crippen molar-refractivity contribution in [1.29, 1.82) is 0 Å². The van der Waals surface area contributed by atoms with Crippen LogP contribution in [0.5, 0.6) is 0 Å². The van der Waals surface area contributed by atoms with Crippen LogP contribution in [0.25, 0.3) is 0 Å². The topological polar surface area (TPSA) is 70.6 Å². The summed E-state index contributed by atoms with van der Waals surface area (Å²) >= 11 is 1.30. The van der Waals surface area contributed by atoms with Crippen molar-refractivity contribution in [2.45, 2.75) is 44.9 Å². The number of amides is 2. The number of rotatable bonds is 5. The Hall–Kier alpha value is -3.38. The molecule has 0 aliphatic carbocycles. The molecule has 1 heterocycles. The molecule has 0 aromatic heterocycles. The van der Waals surface area contributed by atoms with Crippen LogP contribution in [-0.2, 0) is 9.59 Å². The molecule has 174 valence electrons. The molecule has 3 aromatic rings. The molecule has 0 saturated carbocycles. The summed E-state index contributed by atoms with van der Waals surface area (Å²) in [6.45, 7) is 7.94. The molecular formula is C28H29N3O2S. The van der Waals surface area contributed by atoms with E-state index in [4.69, 9.17) is 0 Å². The summed E-state index contributed by atoms with van der Waals surface area (Å²) in [5.41, 5.74) is 5.88. The van der Waals surface area contributed by atoms with Gasteiger partial charge in [-0.05, 0) is 49.9 Å². The van der Waals surface area contributed by atoms with Gasteiger partial charge in [0.1, 0.15) is 5.25 Å². The molecule has 1 aliphatic heterocycles. The zero-order valence-electron chi connectivity index (χ0n) is 19.8. The number of carbonyl (C=O) groups excluding carboxylic acids is 2. The minimum absolute atomic E-state index is 0.108. The van der Waals surface area contributed by atoms with Crippen molar-refractivity contribution in [3.63, 3.8) is 0 Å². The number of aliphatic imine (C=N–C) groups is 1. The summed E-state index contributed by atoms with van der Waals surface area (Å²) in [5, 5.41) is 6.12. The quantitative estimate of drug-likeness (QED) is 0.526. The van der Waals surface area contributed by atoms with E-state index in [0.717, 1.165) is 33.5 Å². The molecule has 0 radical (unpaired) electrons. The first-order chi connectivity index (χ1) is 16.3. The van der Waals surface area contributed by atoms with Crippen molar-refractivity contribution in [2.75, 3.05) is 5.32 Å². The number of anilines is 1. The zero-order valence-corrected chi connectivity index (χ0v) is 20.6. The first kappa shape index (κ1) is 23.8. The highest BCUT2D eigenvalue weighted by atomic mass is 32.2. The highest BCUT2D eigenvalue weighted by molar-refractivity contribution is 8.15. The predicted octanol–water partition coefficient (Wildman–Crippen LogP) is 5.36. The van der Waals surface area contributed by atoms with Gasteiger partial charge < -0.3 is 10.6 Å². The van der Waals surface area contributed by atoms with E-state index in [1.807, 2.05) is 88.4 Å². The second kappa shape index (κ2) is 10.3. The molecule has 1 aliphatic rings. The molecule has 6 heteroatoms. The molecule has 2 unspecified atom stereocenters. The Morgan fingerprint density at radius 3 is 1.91 bits per heavy atom. The first-order valence-electron chi connectivity index (χ1n) is 11.4. The molecule has 0 saturated heterocycles. The summed E-state index contributed by atoms with van der Waals surface area (Å²) < 4.78 is 0. The lowest BCUT2D eigenvalue weighted by atomic mass is 9.90. The van der Waals surface area contributed by atoms with E-state index >= 15 is 0 Å². The minimum atomic E-state index is -0.466. The third kappa shape index (κ3) is 5.23. The van der Waals surface area contributed by atoms with Crippen LogP contribution in [0.3, 0.4) is 0 Å². The van der Waals surface area contributed by atoms with Gasteiger partial charge in [-0.3, -0.25) is 14.6 Å². The van der Waals surface area contributed by atoms with Crippen LogP contribution in [0.15, 0.2) is 77.8 Å². The van der Waals surface area contributed by atoms with Gasteiger partial charge >= 0.3 is 0 Å². The molecule has 5 nitrogen and oxygen atoms in total. The van der Waals surface area contributed by atoms with Gasteiger partial charge in [0.2, 0.25) is 11.8 Å². The molecule has 0 spiro atoms. The molecular weight excluding hydrogens is 442 g/mol. The number of hydrogen-bond acceptors (Lipinski definition) is 4. The Morgan fingerprint density at radius 2 is 1.38 bits per heavy atom. The van der Waals surface area contributed by atoms with Crippen LogP contribution < -0.4 is 10.6 Å². The number of hydrogen-bond donors (Lipinski definition) is 2. The maximum atomic E-state index is 13.4. The third-order valence-corrected chi connectivity index (χ3v) is 7.23. The number of carbonyl (C=O) groups is 2. The number of aryl methyl sites for hydroxylation is 3. The lowest BCUT2D eigenvalue weighted by Crippen LogP contribution is -2.34. The van der Waals surface area contributed by atoms with E-state index in [-0.39, 0.29) is 17.9 Å². The molecule has 0 bridgehead atoms. The fourth-order valence-electron chi connectivity index (χ4n) is 4.37. The van der Waals surface area contributed by atoms with Gasteiger partial charge in [0.05, 0.1) is 12.0 Å². The van der Waals surface area contributed by atoms with Crippen LogP contribution in [0, 0.1) is 20.8 Å². The van der Waals surface area contributed by atoms with E-state index in [2.05, 4.69) is 27.8 Å². The number of amidine groups is 1. The predicted molar refractivity (Wildman–Crippen MR) is 140 cm³/mol. The Balaban J connectivity index is 1.48. The Bertz CT molecular complexity index is 1160. The van der Waals surface area contributed by atoms with Gasteiger partial charge in [0.25, 0.3) is 0 Å². The fraction of sp³-hybridized carbons (Fsp3) is 0.250. The van der Waals surface area contributed by atoms with Gasteiger partial charge in [-0.15, -0.1) is 0 Å². The number of nitrogens with one attached hydrogen (secondary N) is 2. The van der Waals surface area contributed by atoms with Gasteiger partial charge in [0, 0.05) is 5.69 Å². The summed E-state index contributed by atoms with van der Waals surface area (Å²) in [6.07, 6.45) is 0. The normalized spacial score (nSPS) is 17.4. The average molecular weight is 472 g/mol. The van der Waals surface area contributed by atoms with E-state index in [1.54, 1.807) is 0 Å². The van der Waals surface area contributed by atoms with Crippen LogP contribution in [0.4, 0.5) is 5.69 Å². The van der Waals surface area contributed by atoms with Gasteiger partial charge in [-0.2, -0.15) is 0 Å². The smallest absolute Gasteiger partial charge is 0.240 e. The summed E-state index contributed by atoms with van der Waals surface area (Å²) in [5.74, 6) is -0.739. The first-order valence-corrected chi connectivity index (χ1v) is 12.3. The Morgan fingerprint density at radius 1 is 0.853 bits per heavy atom. The zero-order chi connectivity index (χ0) is 24.2. The van der Waals surface area contributed by atoms with Crippen LogP contribution in [0.1, 0.15) is 40.7 Å². The van der Waals surface area contributed by atoms with Crippen molar-refractivity contribution >= 4 is 34.4 Å². The van der Waals surface area contributed by atoms with Gasteiger partial charge in [-0.1, -0.05) is 90.1 Å². The molecule has 0 fully saturated rings. The standard InChI is InChI=1S/C28H29N3O2S/c1-17-15-18(2)24(19(3)16-17)30-27(33)25-20(4)29-28(34-25)31-26(32)23(21-11-7-5-8-12-21)22-13-9-6-10-14-22/h5-16,20,23,25H,1-4H3,(H,30,33)(H,29,31,32). The van der Waals surface area contributed by atoms with E-state index in [0.29, 0.717) is 5.17 Å². The van der Waals surface area contributed by atoms with Gasteiger partial charge in [-0.25, -0.2) is 0 Å². The molecule has 3 aromatic carbocycles. The Labute approximate surface area is 205 Å². The summed E-state index contributed by atoms with van der Waals surface area (Å²) in [6, 6.07) is 23.2. The molecule has 2 amide bonds. The lowest BCUT2D eigenvalue weighted by molar-refractivity contribution is -0.120.